The van der Waals surface area contributed by atoms with Crippen molar-refractivity contribution in [2.45, 2.75) is 51.1 Å². The van der Waals surface area contributed by atoms with Crippen molar-refractivity contribution in [1.29, 1.82) is 0 Å². The highest BCUT2D eigenvalue weighted by Crippen LogP contribution is 2.28. The molecule has 0 aliphatic heterocycles. The molecule has 1 atom stereocenters. The number of carbonyl (C=O) groups excluding carboxylic acids is 2. The molecule has 1 aromatic carbocycles. The van der Waals surface area contributed by atoms with Crippen LogP contribution in [-0.4, -0.2) is 43.9 Å². The van der Waals surface area contributed by atoms with Gasteiger partial charge in [0.15, 0.2) is 10.9 Å². The first-order valence-electron chi connectivity index (χ1n) is 9.81. The number of aryl methyl sites for hydroxylation is 1. The Kier molecular flexibility index (Phi) is 6.77. The molecule has 0 spiro atoms. The lowest BCUT2D eigenvalue weighted by molar-refractivity contribution is 0.0599. The summed E-state index contributed by atoms with van der Waals surface area (Å²) in [6.45, 7) is 8.11. The third-order valence-electron chi connectivity index (χ3n) is 5.04. The molecule has 0 bridgehead atoms. The lowest BCUT2D eigenvalue weighted by atomic mass is 10.1. The van der Waals surface area contributed by atoms with E-state index < -0.39 is 11.2 Å². The van der Waals surface area contributed by atoms with Gasteiger partial charge in [-0.3, -0.25) is 4.79 Å². The summed E-state index contributed by atoms with van der Waals surface area (Å²) < 4.78 is 6.87. The summed E-state index contributed by atoms with van der Waals surface area (Å²) in [7, 11) is 1.33. The molecule has 0 saturated carbocycles. The number of methoxy groups -OCH3 is 1. The zero-order valence-corrected chi connectivity index (χ0v) is 18.7. The normalized spacial score (nSPS) is 12.0. The van der Waals surface area contributed by atoms with Crippen molar-refractivity contribution in [3.63, 3.8) is 0 Å². The van der Waals surface area contributed by atoms with E-state index >= 15 is 0 Å². The van der Waals surface area contributed by atoms with Crippen LogP contribution in [-0.2, 0) is 17.7 Å². The lowest BCUT2D eigenvalue weighted by Crippen LogP contribution is -2.17. The Morgan fingerprint density at radius 2 is 1.90 bits per heavy atom. The number of Topliss-reactive ketones (excluding diaryl/α,β-unsaturated/α-hetero) is 1. The van der Waals surface area contributed by atoms with Gasteiger partial charge in [-0.25, -0.2) is 4.79 Å². The van der Waals surface area contributed by atoms with Crippen LogP contribution in [0.5, 0.6) is 0 Å². The Balaban J connectivity index is 1.80. The zero-order valence-electron chi connectivity index (χ0n) is 17.9. The second kappa shape index (κ2) is 9.30. The number of aromatic amines is 1. The number of carbonyl (C=O) groups is 2. The first-order chi connectivity index (χ1) is 14.4. The molecule has 0 amide bonds. The average molecular weight is 427 g/mol. The molecule has 0 saturated heterocycles. The second-order valence-electron chi connectivity index (χ2n) is 7.05. The maximum absolute atomic E-state index is 13.1. The van der Waals surface area contributed by atoms with Crippen molar-refractivity contribution in [2.75, 3.05) is 7.11 Å². The van der Waals surface area contributed by atoms with Gasteiger partial charge in [0.25, 0.3) is 0 Å². The molecule has 158 valence electrons. The predicted octanol–water partition coefficient (Wildman–Crippen LogP) is 3.98. The van der Waals surface area contributed by atoms with Crippen molar-refractivity contribution in [3.8, 4) is 0 Å². The summed E-state index contributed by atoms with van der Waals surface area (Å²) in [6, 6.07) is 10.1. The van der Waals surface area contributed by atoms with Crippen LogP contribution in [0, 0.1) is 13.8 Å². The van der Waals surface area contributed by atoms with E-state index in [0.29, 0.717) is 40.6 Å². The Labute approximate surface area is 180 Å². The first kappa shape index (κ1) is 21.8. The Morgan fingerprint density at radius 3 is 2.53 bits per heavy atom. The summed E-state index contributed by atoms with van der Waals surface area (Å²) in [5, 5.41) is 8.98. The molecule has 1 N–H and O–H groups in total. The molecule has 3 aromatic rings. The van der Waals surface area contributed by atoms with Crippen LogP contribution in [0.2, 0.25) is 0 Å². The van der Waals surface area contributed by atoms with Crippen LogP contribution in [0.3, 0.4) is 0 Å². The number of nitrogens with one attached hydrogen (secondary N) is 1. The summed E-state index contributed by atoms with van der Waals surface area (Å²) in [5.41, 5.74) is 3.24. The third-order valence-corrected chi connectivity index (χ3v) is 6.12. The van der Waals surface area contributed by atoms with Gasteiger partial charge < -0.3 is 14.3 Å². The monoisotopic (exact) mass is 426 g/mol. The van der Waals surface area contributed by atoms with E-state index in [2.05, 4.69) is 27.3 Å². The van der Waals surface area contributed by atoms with E-state index in [1.165, 1.54) is 18.9 Å². The van der Waals surface area contributed by atoms with Crippen LogP contribution in [0.1, 0.15) is 57.3 Å². The molecule has 0 aliphatic rings. The molecular weight excluding hydrogens is 400 g/mol. The molecule has 1 unspecified atom stereocenters. The molecule has 8 heteroatoms. The summed E-state index contributed by atoms with van der Waals surface area (Å²) in [4.78, 5) is 28.1. The molecule has 7 nitrogen and oxygen atoms in total. The maximum Gasteiger partial charge on any atom is 0.339 e. The number of esters is 1. The van der Waals surface area contributed by atoms with Crippen molar-refractivity contribution in [3.05, 3.63) is 64.2 Å². The fraction of sp³-hybridized carbons (Fsp3) is 0.364. The van der Waals surface area contributed by atoms with Crippen molar-refractivity contribution in [2.24, 2.45) is 0 Å². The van der Waals surface area contributed by atoms with Crippen LogP contribution >= 0.6 is 11.8 Å². The van der Waals surface area contributed by atoms with Gasteiger partial charge in [0.2, 0.25) is 0 Å². The van der Waals surface area contributed by atoms with E-state index in [1.807, 2.05) is 36.6 Å². The molecule has 2 aromatic heterocycles. The number of hydrogen-bond acceptors (Lipinski definition) is 6. The largest absolute Gasteiger partial charge is 0.465 e. The number of hydrogen-bond donors (Lipinski definition) is 1. The molecule has 2 heterocycles. The number of benzene rings is 1. The average Bonchev–Trinajstić information content (AvgIpc) is 3.26. The number of H-pyrrole nitrogens is 1. The van der Waals surface area contributed by atoms with Crippen LogP contribution in [0.4, 0.5) is 0 Å². The number of nitrogens with zero attached hydrogens (tertiary/aromatic N) is 3. The summed E-state index contributed by atoms with van der Waals surface area (Å²) >= 11 is 1.37. The zero-order chi connectivity index (χ0) is 21.8. The minimum atomic E-state index is -0.447. The SMILES string of the molecule is CCn1c(Cc2ccccc2)nnc1SC(C)C(=O)c1[nH]c(C)c(C(=O)OC)c1C. The standard InChI is InChI=1S/C22H26N4O3S/c1-6-26-17(12-16-10-8-7-9-11-16)24-25-22(26)30-15(4)20(27)19-13(2)18(14(3)23-19)21(28)29-5/h7-11,15,23H,6,12H2,1-5H3. The molecule has 0 radical (unpaired) electrons. The Hall–Kier alpha value is -2.87. The minimum Gasteiger partial charge on any atom is -0.465 e. The van der Waals surface area contributed by atoms with Crippen LogP contribution < -0.4 is 0 Å². The van der Waals surface area contributed by atoms with E-state index in [1.54, 1.807) is 13.8 Å². The molecule has 30 heavy (non-hydrogen) atoms. The van der Waals surface area contributed by atoms with E-state index in [0.717, 1.165) is 11.4 Å². The molecule has 3 rings (SSSR count). The quantitative estimate of drug-likeness (QED) is 0.333. The molecular formula is C22H26N4O3S. The topological polar surface area (TPSA) is 89.9 Å². The number of ketones is 1. The van der Waals surface area contributed by atoms with Crippen molar-refractivity contribution < 1.29 is 14.3 Å². The first-order valence-corrected chi connectivity index (χ1v) is 10.7. The third kappa shape index (κ3) is 4.33. The predicted molar refractivity (Wildman–Crippen MR) is 116 cm³/mol. The van der Waals surface area contributed by atoms with Gasteiger partial charge in [0.1, 0.15) is 5.82 Å². The van der Waals surface area contributed by atoms with E-state index in [9.17, 15) is 9.59 Å². The highest BCUT2D eigenvalue weighted by molar-refractivity contribution is 8.00. The van der Waals surface area contributed by atoms with E-state index in [4.69, 9.17) is 4.74 Å². The number of thioether (sulfide) groups is 1. The van der Waals surface area contributed by atoms with Crippen molar-refractivity contribution >= 4 is 23.5 Å². The van der Waals surface area contributed by atoms with Gasteiger partial charge in [0.05, 0.1) is 23.6 Å². The summed E-state index contributed by atoms with van der Waals surface area (Å²) in [5.74, 6) is 0.327. The van der Waals surface area contributed by atoms with Gasteiger partial charge in [-0.2, -0.15) is 0 Å². The maximum atomic E-state index is 13.1. The van der Waals surface area contributed by atoms with Gasteiger partial charge in [0, 0.05) is 18.7 Å². The second-order valence-corrected chi connectivity index (χ2v) is 8.35. The summed E-state index contributed by atoms with van der Waals surface area (Å²) in [6.07, 6.45) is 0.683. The Morgan fingerprint density at radius 1 is 1.20 bits per heavy atom. The number of ether oxygens (including phenoxy) is 1. The number of rotatable bonds is 8. The van der Waals surface area contributed by atoms with Gasteiger partial charge in [-0.15, -0.1) is 10.2 Å². The highest BCUT2D eigenvalue weighted by atomic mass is 32.2. The van der Waals surface area contributed by atoms with Crippen LogP contribution in [0.15, 0.2) is 35.5 Å². The van der Waals surface area contributed by atoms with Crippen LogP contribution in [0.25, 0.3) is 0 Å². The highest BCUT2D eigenvalue weighted by Gasteiger charge is 2.27. The van der Waals surface area contributed by atoms with Gasteiger partial charge in [-0.05, 0) is 38.8 Å². The molecule has 0 fully saturated rings. The van der Waals surface area contributed by atoms with E-state index in [-0.39, 0.29) is 5.78 Å². The van der Waals surface area contributed by atoms with Gasteiger partial charge in [-0.1, -0.05) is 42.1 Å². The smallest absolute Gasteiger partial charge is 0.339 e. The molecule has 0 aliphatic carbocycles. The fourth-order valence-corrected chi connectivity index (χ4v) is 4.44. The van der Waals surface area contributed by atoms with Crippen molar-refractivity contribution in [1.82, 2.24) is 19.7 Å². The Bertz CT molecular complexity index is 1060. The fourth-order valence-electron chi connectivity index (χ4n) is 3.45. The van der Waals surface area contributed by atoms with Gasteiger partial charge >= 0.3 is 5.97 Å². The number of aromatic nitrogens is 4. The minimum absolute atomic E-state index is 0.0917. The lowest BCUT2D eigenvalue weighted by Gasteiger charge is -2.11.